The van der Waals surface area contributed by atoms with Gasteiger partial charge in [-0.15, -0.1) is 0 Å². The highest BCUT2D eigenvalue weighted by atomic mass is 79.9. The SMILES string of the molecule is O=c1ccc(Br)cn1CC1CCCCO1. The summed E-state index contributed by atoms with van der Waals surface area (Å²) in [7, 11) is 0. The van der Waals surface area contributed by atoms with Crippen LogP contribution in [0.3, 0.4) is 0 Å². The highest BCUT2D eigenvalue weighted by Gasteiger charge is 2.14. The van der Waals surface area contributed by atoms with Crippen LogP contribution in [-0.2, 0) is 11.3 Å². The highest BCUT2D eigenvalue weighted by molar-refractivity contribution is 9.10. The van der Waals surface area contributed by atoms with Gasteiger partial charge in [-0.05, 0) is 41.3 Å². The maximum Gasteiger partial charge on any atom is 0.250 e. The molecule has 1 aliphatic heterocycles. The number of aromatic nitrogens is 1. The van der Waals surface area contributed by atoms with Gasteiger partial charge in [0.2, 0.25) is 0 Å². The smallest absolute Gasteiger partial charge is 0.250 e. The van der Waals surface area contributed by atoms with Gasteiger partial charge in [0, 0.05) is 23.3 Å². The van der Waals surface area contributed by atoms with E-state index in [4.69, 9.17) is 4.74 Å². The van der Waals surface area contributed by atoms with Gasteiger partial charge in [0.25, 0.3) is 5.56 Å². The van der Waals surface area contributed by atoms with Crippen LogP contribution in [0, 0.1) is 0 Å². The van der Waals surface area contributed by atoms with Crippen molar-refractivity contribution in [1.29, 1.82) is 0 Å². The summed E-state index contributed by atoms with van der Waals surface area (Å²) in [5.74, 6) is 0. The third-order valence-electron chi connectivity index (χ3n) is 2.62. The second-order valence-corrected chi connectivity index (χ2v) is 4.74. The van der Waals surface area contributed by atoms with E-state index >= 15 is 0 Å². The topological polar surface area (TPSA) is 31.2 Å². The first kappa shape index (κ1) is 10.9. The Kier molecular flexibility index (Phi) is 3.59. The number of pyridine rings is 1. The maximum atomic E-state index is 11.5. The molecule has 1 fully saturated rings. The number of ether oxygens (including phenoxy) is 1. The third-order valence-corrected chi connectivity index (χ3v) is 3.09. The van der Waals surface area contributed by atoms with E-state index < -0.39 is 0 Å². The fraction of sp³-hybridized carbons (Fsp3) is 0.545. The van der Waals surface area contributed by atoms with Crippen molar-refractivity contribution in [2.24, 2.45) is 0 Å². The number of nitrogens with zero attached hydrogens (tertiary/aromatic N) is 1. The minimum absolute atomic E-state index is 0.0346. The van der Waals surface area contributed by atoms with Crippen molar-refractivity contribution in [1.82, 2.24) is 4.57 Å². The van der Waals surface area contributed by atoms with Crippen LogP contribution in [0.25, 0.3) is 0 Å². The molecular formula is C11H14BrNO2. The first-order chi connectivity index (χ1) is 7.25. The van der Waals surface area contributed by atoms with Crippen molar-refractivity contribution >= 4 is 15.9 Å². The molecule has 0 radical (unpaired) electrons. The number of halogens is 1. The van der Waals surface area contributed by atoms with Crippen LogP contribution in [0.1, 0.15) is 19.3 Å². The molecule has 1 aliphatic rings. The molecule has 1 unspecified atom stereocenters. The highest BCUT2D eigenvalue weighted by Crippen LogP contribution is 2.14. The van der Waals surface area contributed by atoms with Crippen LogP contribution < -0.4 is 5.56 Å². The Bertz CT molecular complexity index is 382. The van der Waals surface area contributed by atoms with Crippen molar-refractivity contribution in [3.8, 4) is 0 Å². The Morgan fingerprint density at radius 1 is 1.47 bits per heavy atom. The van der Waals surface area contributed by atoms with Crippen LogP contribution in [0.15, 0.2) is 27.6 Å². The summed E-state index contributed by atoms with van der Waals surface area (Å²) in [6.07, 6.45) is 5.42. The molecule has 2 heterocycles. The summed E-state index contributed by atoms with van der Waals surface area (Å²) in [5.41, 5.74) is 0.0346. The van der Waals surface area contributed by atoms with E-state index in [0.717, 1.165) is 23.9 Å². The summed E-state index contributed by atoms with van der Waals surface area (Å²) in [6.45, 7) is 1.49. The second-order valence-electron chi connectivity index (χ2n) is 3.83. The molecule has 0 aliphatic carbocycles. The second kappa shape index (κ2) is 4.94. The van der Waals surface area contributed by atoms with Gasteiger partial charge in [0.1, 0.15) is 0 Å². The van der Waals surface area contributed by atoms with Gasteiger partial charge in [-0.2, -0.15) is 0 Å². The van der Waals surface area contributed by atoms with Gasteiger partial charge in [-0.25, -0.2) is 0 Å². The average molecular weight is 272 g/mol. The summed E-state index contributed by atoms with van der Waals surface area (Å²) in [5, 5.41) is 0. The molecule has 1 atom stereocenters. The van der Waals surface area contributed by atoms with Gasteiger partial charge in [0.15, 0.2) is 0 Å². The minimum Gasteiger partial charge on any atom is -0.376 e. The lowest BCUT2D eigenvalue weighted by Crippen LogP contribution is -2.29. The monoisotopic (exact) mass is 271 g/mol. The maximum absolute atomic E-state index is 11.5. The zero-order chi connectivity index (χ0) is 10.7. The zero-order valence-electron chi connectivity index (χ0n) is 8.49. The molecule has 3 nitrogen and oxygen atoms in total. The Morgan fingerprint density at radius 3 is 3.07 bits per heavy atom. The molecule has 0 N–H and O–H groups in total. The van der Waals surface area contributed by atoms with E-state index in [1.54, 1.807) is 16.7 Å². The number of hydrogen-bond donors (Lipinski definition) is 0. The van der Waals surface area contributed by atoms with Crippen molar-refractivity contribution in [2.75, 3.05) is 6.61 Å². The molecule has 0 spiro atoms. The first-order valence-electron chi connectivity index (χ1n) is 5.23. The van der Waals surface area contributed by atoms with E-state index in [2.05, 4.69) is 15.9 Å². The zero-order valence-corrected chi connectivity index (χ0v) is 10.1. The van der Waals surface area contributed by atoms with Crippen molar-refractivity contribution < 1.29 is 4.74 Å². The molecule has 1 aromatic heterocycles. The summed E-state index contributed by atoms with van der Waals surface area (Å²) >= 11 is 3.36. The van der Waals surface area contributed by atoms with E-state index in [-0.39, 0.29) is 11.7 Å². The summed E-state index contributed by atoms with van der Waals surface area (Å²) in [6, 6.07) is 3.34. The largest absolute Gasteiger partial charge is 0.376 e. The Morgan fingerprint density at radius 2 is 2.33 bits per heavy atom. The molecule has 1 saturated heterocycles. The molecule has 0 saturated carbocycles. The molecular weight excluding hydrogens is 258 g/mol. The lowest BCUT2D eigenvalue weighted by Gasteiger charge is -2.23. The lowest BCUT2D eigenvalue weighted by molar-refractivity contribution is 0.00540. The molecule has 2 rings (SSSR count). The lowest BCUT2D eigenvalue weighted by atomic mass is 10.1. The minimum atomic E-state index is 0.0346. The molecule has 82 valence electrons. The van der Waals surface area contributed by atoms with Gasteiger partial charge < -0.3 is 9.30 Å². The fourth-order valence-electron chi connectivity index (χ4n) is 1.82. The Labute approximate surface area is 97.2 Å². The van der Waals surface area contributed by atoms with E-state index in [0.29, 0.717) is 6.54 Å². The van der Waals surface area contributed by atoms with E-state index in [1.165, 1.54) is 6.42 Å². The molecule has 4 heteroatoms. The van der Waals surface area contributed by atoms with Gasteiger partial charge >= 0.3 is 0 Å². The van der Waals surface area contributed by atoms with E-state index in [9.17, 15) is 4.79 Å². The molecule has 15 heavy (non-hydrogen) atoms. The van der Waals surface area contributed by atoms with Gasteiger partial charge in [-0.1, -0.05) is 0 Å². The quantitative estimate of drug-likeness (QED) is 0.826. The van der Waals surface area contributed by atoms with Crippen molar-refractivity contribution in [3.63, 3.8) is 0 Å². The predicted molar refractivity (Wildman–Crippen MR) is 62.0 cm³/mol. The summed E-state index contributed by atoms with van der Waals surface area (Å²) < 4.78 is 8.24. The normalized spacial score (nSPS) is 21.5. The van der Waals surface area contributed by atoms with Crippen LogP contribution in [0.2, 0.25) is 0 Å². The van der Waals surface area contributed by atoms with Crippen LogP contribution in [0.5, 0.6) is 0 Å². The number of rotatable bonds is 2. The average Bonchev–Trinajstić information content (AvgIpc) is 2.25. The Hall–Kier alpha value is -0.610. The van der Waals surface area contributed by atoms with Crippen LogP contribution in [-0.4, -0.2) is 17.3 Å². The van der Waals surface area contributed by atoms with Crippen molar-refractivity contribution in [2.45, 2.75) is 31.9 Å². The molecule has 0 aromatic carbocycles. The fourth-order valence-corrected chi connectivity index (χ4v) is 2.19. The predicted octanol–water partition coefficient (Wildman–Crippen LogP) is 2.18. The van der Waals surface area contributed by atoms with Crippen molar-refractivity contribution in [3.05, 3.63) is 33.2 Å². The van der Waals surface area contributed by atoms with Crippen LogP contribution in [0.4, 0.5) is 0 Å². The number of hydrogen-bond acceptors (Lipinski definition) is 2. The van der Waals surface area contributed by atoms with Crippen LogP contribution >= 0.6 is 15.9 Å². The Balaban J connectivity index is 2.09. The standard InChI is InChI=1S/C11H14BrNO2/c12-9-4-5-11(14)13(7-9)8-10-3-1-2-6-15-10/h4-5,7,10H,1-3,6,8H2. The van der Waals surface area contributed by atoms with Gasteiger partial charge in [-0.3, -0.25) is 4.79 Å². The van der Waals surface area contributed by atoms with E-state index in [1.807, 2.05) is 6.20 Å². The third kappa shape index (κ3) is 2.92. The molecule has 1 aromatic rings. The summed E-state index contributed by atoms with van der Waals surface area (Å²) in [4.78, 5) is 11.5. The first-order valence-corrected chi connectivity index (χ1v) is 6.02. The molecule has 0 bridgehead atoms. The molecule has 0 amide bonds. The van der Waals surface area contributed by atoms with Gasteiger partial charge in [0.05, 0.1) is 12.6 Å².